The molecule has 3 aromatic rings. The second kappa shape index (κ2) is 11.3. The molecule has 0 heterocycles. The zero-order valence-electron chi connectivity index (χ0n) is 20.2. The Labute approximate surface area is 206 Å². The van der Waals surface area contributed by atoms with Gasteiger partial charge >= 0.3 is 0 Å². The van der Waals surface area contributed by atoms with Crippen molar-refractivity contribution in [2.24, 2.45) is 0 Å². The number of nitrogens with zero attached hydrogens (tertiary/aromatic N) is 2. The molecule has 0 aliphatic rings. The van der Waals surface area contributed by atoms with Gasteiger partial charge < -0.3 is 15.0 Å². The first-order chi connectivity index (χ1) is 16.6. The van der Waals surface area contributed by atoms with Crippen LogP contribution in [-0.4, -0.2) is 53.5 Å². The highest BCUT2D eigenvalue weighted by molar-refractivity contribution is 7.92. The molecule has 1 amide bonds. The predicted molar refractivity (Wildman–Crippen MR) is 135 cm³/mol. The highest BCUT2D eigenvalue weighted by Crippen LogP contribution is 2.24. The highest BCUT2D eigenvalue weighted by Gasteiger charge is 2.21. The molecule has 3 aromatic carbocycles. The fraction of sp³-hybridized carbons (Fsp3) is 0.269. The summed E-state index contributed by atoms with van der Waals surface area (Å²) in [5, 5.41) is 2.81. The molecule has 0 radical (unpaired) electrons. The minimum Gasteiger partial charge on any atom is -0.484 e. The second-order valence-corrected chi connectivity index (χ2v) is 10.4. The smallest absolute Gasteiger partial charge is 0.264 e. The van der Waals surface area contributed by atoms with Gasteiger partial charge in [0.15, 0.2) is 6.61 Å². The first-order valence-corrected chi connectivity index (χ1v) is 12.5. The molecule has 186 valence electrons. The van der Waals surface area contributed by atoms with Crippen molar-refractivity contribution in [1.29, 1.82) is 0 Å². The molecule has 9 heteroatoms. The lowest BCUT2D eigenvalue weighted by molar-refractivity contribution is -0.123. The van der Waals surface area contributed by atoms with Crippen molar-refractivity contribution in [1.82, 2.24) is 10.2 Å². The van der Waals surface area contributed by atoms with E-state index < -0.39 is 10.0 Å². The number of amides is 1. The molecule has 3 rings (SSSR count). The first-order valence-electron chi connectivity index (χ1n) is 11.0. The maximum Gasteiger partial charge on any atom is 0.264 e. The Kier molecular flexibility index (Phi) is 8.48. The van der Waals surface area contributed by atoms with Gasteiger partial charge in [-0.15, -0.1) is 0 Å². The normalized spacial score (nSPS) is 12.3. The minimum atomic E-state index is -3.69. The molecule has 0 saturated heterocycles. The molecule has 0 saturated carbocycles. The number of benzene rings is 3. The summed E-state index contributed by atoms with van der Waals surface area (Å²) < 4.78 is 46.0. The molecular formula is C26H30FN3O4S. The number of nitrogens with one attached hydrogen (secondary N) is 1. The third-order valence-electron chi connectivity index (χ3n) is 5.60. The van der Waals surface area contributed by atoms with E-state index in [1.807, 2.05) is 32.0 Å². The summed E-state index contributed by atoms with van der Waals surface area (Å²) in [5.74, 6) is -0.222. The fourth-order valence-electron chi connectivity index (χ4n) is 3.48. The van der Waals surface area contributed by atoms with E-state index in [1.54, 1.807) is 54.6 Å². The lowest BCUT2D eigenvalue weighted by atomic mass is 10.1. The lowest BCUT2D eigenvalue weighted by Crippen LogP contribution is -2.36. The van der Waals surface area contributed by atoms with Crippen LogP contribution < -0.4 is 14.4 Å². The van der Waals surface area contributed by atoms with Crippen molar-refractivity contribution in [2.75, 3.05) is 38.6 Å². The van der Waals surface area contributed by atoms with Crippen LogP contribution in [0, 0.1) is 12.7 Å². The second-order valence-electron chi connectivity index (χ2n) is 8.41. The van der Waals surface area contributed by atoms with E-state index in [-0.39, 0.29) is 29.3 Å². The van der Waals surface area contributed by atoms with Gasteiger partial charge in [0.05, 0.1) is 16.6 Å². The molecule has 0 aliphatic carbocycles. The molecular weight excluding hydrogens is 469 g/mol. The van der Waals surface area contributed by atoms with Gasteiger partial charge in [0.1, 0.15) is 11.6 Å². The Morgan fingerprint density at radius 1 is 1.00 bits per heavy atom. The van der Waals surface area contributed by atoms with Gasteiger partial charge in [0.2, 0.25) is 0 Å². The van der Waals surface area contributed by atoms with Crippen molar-refractivity contribution in [2.45, 2.75) is 17.9 Å². The summed E-state index contributed by atoms with van der Waals surface area (Å²) in [6, 6.07) is 19.2. The number of halogens is 1. The number of hydrogen-bond donors (Lipinski definition) is 1. The van der Waals surface area contributed by atoms with E-state index in [0.717, 1.165) is 11.1 Å². The molecule has 0 aromatic heterocycles. The summed E-state index contributed by atoms with van der Waals surface area (Å²) in [6.07, 6.45) is 0. The van der Waals surface area contributed by atoms with E-state index in [2.05, 4.69) is 5.32 Å². The largest absolute Gasteiger partial charge is 0.484 e. The summed E-state index contributed by atoms with van der Waals surface area (Å²) in [6.45, 7) is 1.98. The van der Waals surface area contributed by atoms with Gasteiger partial charge in [-0.1, -0.05) is 29.8 Å². The summed E-state index contributed by atoms with van der Waals surface area (Å²) in [5.41, 5.74) is 2.20. The van der Waals surface area contributed by atoms with Crippen molar-refractivity contribution < 1.29 is 22.3 Å². The zero-order valence-corrected chi connectivity index (χ0v) is 21.0. The first kappa shape index (κ1) is 26.2. The number of sulfonamides is 1. The van der Waals surface area contributed by atoms with Crippen molar-refractivity contribution in [3.05, 3.63) is 89.7 Å². The minimum absolute atomic E-state index is 0.194. The van der Waals surface area contributed by atoms with Crippen LogP contribution in [0.4, 0.5) is 10.1 Å². The number of likely N-dealkylation sites (N-methyl/N-ethyl adjacent to an activating group) is 1. The Morgan fingerprint density at radius 3 is 2.26 bits per heavy atom. The summed E-state index contributed by atoms with van der Waals surface area (Å²) in [4.78, 5) is 14.4. The standard InChI is InChI=1S/C26H30FN3O4S/c1-19-8-14-24(15-9-19)35(32,33)30(4)22-10-12-23(13-11-22)34-18-26(31)28-17-25(29(2)3)20-6-5-7-21(27)16-20/h5-16,25H,17-18H2,1-4H3,(H,28,31). The quantitative estimate of drug-likeness (QED) is 0.460. The highest BCUT2D eigenvalue weighted by atomic mass is 32.2. The van der Waals surface area contributed by atoms with E-state index in [0.29, 0.717) is 18.0 Å². The van der Waals surface area contributed by atoms with Crippen LogP contribution >= 0.6 is 0 Å². The number of rotatable bonds is 10. The molecule has 0 fully saturated rings. The fourth-order valence-corrected chi connectivity index (χ4v) is 4.68. The Balaban J connectivity index is 1.56. The van der Waals surface area contributed by atoms with Gasteiger partial charge in [-0.3, -0.25) is 9.10 Å². The van der Waals surface area contributed by atoms with Crippen LogP contribution in [0.3, 0.4) is 0 Å². The number of carbonyl (C=O) groups excluding carboxylic acids is 1. The molecule has 7 nitrogen and oxygen atoms in total. The van der Waals surface area contributed by atoms with Crippen LogP contribution in [-0.2, 0) is 14.8 Å². The van der Waals surface area contributed by atoms with E-state index >= 15 is 0 Å². The van der Waals surface area contributed by atoms with Crippen molar-refractivity contribution >= 4 is 21.6 Å². The van der Waals surface area contributed by atoms with Crippen LogP contribution in [0.25, 0.3) is 0 Å². The molecule has 1 atom stereocenters. The van der Waals surface area contributed by atoms with E-state index in [9.17, 15) is 17.6 Å². The Hall–Kier alpha value is -3.43. The predicted octanol–water partition coefficient (Wildman–Crippen LogP) is 3.76. The van der Waals surface area contributed by atoms with E-state index in [1.165, 1.54) is 23.5 Å². The molecule has 1 N–H and O–H groups in total. The average Bonchev–Trinajstić information content (AvgIpc) is 2.83. The van der Waals surface area contributed by atoms with Crippen molar-refractivity contribution in [3.63, 3.8) is 0 Å². The number of aryl methyl sites for hydroxylation is 1. The van der Waals surface area contributed by atoms with Gasteiger partial charge in [0, 0.05) is 13.6 Å². The topological polar surface area (TPSA) is 78.9 Å². The third kappa shape index (κ3) is 6.80. The summed E-state index contributed by atoms with van der Waals surface area (Å²) >= 11 is 0. The monoisotopic (exact) mass is 499 g/mol. The number of hydrogen-bond acceptors (Lipinski definition) is 5. The van der Waals surface area contributed by atoms with Crippen LogP contribution in [0.5, 0.6) is 5.75 Å². The van der Waals surface area contributed by atoms with Gasteiger partial charge in [-0.2, -0.15) is 0 Å². The van der Waals surface area contributed by atoms with Crippen LogP contribution in [0.2, 0.25) is 0 Å². The van der Waals surface area contributed by atoms with Crippen LogP contribution in [0.15, 0.2) is 77.7 Å². The van der Waals surface area contributed by atoms with E-state index in [4.69, 9.17) is 4.74 Å². The summed E-state index contributed by atoms with van der Waals surface area (Å²) in [7, 11) is 1.50. The SMILES string of the molecule is Cc1ccc(S(=O)(=O)N(C)c2ccc(OCC(=O)NCC(c3cccc(F)c3)N(C)C)cc2)cc1. The molecule has 35 heavy (non-hydrogen) atoms. The molecule has 0 bridgehead atoms. The number of ether oxygens (including phenoxy) is 1. The van der Waals surface area contributed by atoms with Gasteiger partial charge in [-0.05, 0) is 75.1 Å². The average molecular weight is 500 g/mol. The maximum atomic E-state index is 13.6. The maximum absolute atomic E-state index is 13.6. The zero-order chi connectivity index (χ0) is 25.6. The van der Waals surface area contributed by atoms with Gasteiger partial charge in [0.25, 0.3) is 15.9 Å². The van der Waals surface area contributed by atoms with Gasteiger partial charge in [-0.25, -0.2) is 12.8 Å². The number of carbonyl (C=O) groups is 1. The third-order valence-corrected chi connectivity index (χ3v) is 7.40. The number of anilines is 1. The molecule has 0 spiro atoms. The Bertz CT molecular complexity index is 1250. The van der Waals surface area contributed by atoms with Crippen molar-refractivity contribution in [3.8, 4) is 5.75 Å². The Morgan fingerprint density at radius 2 is 1.66 bits per heavy atom. The lowest BCUT2D eigenvalue weighted by Gasteiger charge is -2.25. The molecule has 1 unspecified atom stereocenters. The van der Waals surface area contributed by atoms with Crippen LogP contribution in [0.1, 0.15) is 17.2 Å². The molecule has 0 aliphatic heterocycles.